The molecule has 0 saturated heterocycles. The van der Waals surface area contributed by atoms with Gasteiger partial charge in [0.1, 0.15) is 5.82 Å². The van der Waals surface area contributed by atoms with Crippen LogP contribution in [0.5, 0.6) is 0 Å². The Morgan fingerprint density at radius 2 is 1.90 bits per heavy atom. The summed E-state index contributed by atoms with van der Waals surface area (Å²) in [7, 11) is 0. The summed E-state index contributed by atoms with van der Waals surface area (Å²) in [5.41, 5.74) is 6.42. The Hall–Kier alpha value is -3.97. The van der Waals surface area contributed by atoms with E-state index in [0.717, 1.165) is 48.3 Å². The van der Waals surface area contributed by atoms with Crippen molar-refractivity contribution < 1.29 is 9.18 Å². The standard InChI is InChI=1S/C31H29ClFN5O/c32-24-8-11-26(34-18-24)19-35-31(39)37-29(20-4-2-1-3-5-20)15-21-6-7-22-16-30-23(14-28(21)22)17-36-38(30)27-12-9-25(33)10-13-27/h1-5,8-13,16-18,21,28-29H,6-7,14-15,19H2,(H2,35,37,39). The van der Waals surface area contributed by atoms with Crippen LogP contribution >= 0.6 is 11.6 Å². The molecule has 2 N–H and O–H groups in total. The summed E-state index contributed by atoms with van der Waals surface area (Å²) >= 11 is 5.92. The van der Waals surface area contributed by atoms with Crippen molar-refractivity contribution in [1.29, 1.82) is 0 Å². The van der Waals surface area contributed by atoms with Gasteiger partial charge in [0.25, 0.3) is 0 Å². The van der Waals surface area contributed by atoms with Gasteiger partial charge in [-0.05, 0) is 91.1 Å². The van der Waals surface area contributed by atoms with Gasteiger partial charge in [-0.3, -0.25) is 4.98 Å². The average molecular weight is 542 g/mol. The molecule has 8 heteroatoms. The molecule has 2 aromatic carbocycles. The van der Waals surface area contributed by atoms with E-state index in [4.69, 9.17) is 11.6 Å². The molecule has 0 radical (unpaired) electrons. The maximum atomic E-state index is 13.4. The third-order valence-electron chi connectivity index (χ3n) is 7.83. The van der Waals surface area contributed by atoms with Crippen LogP contribution in [0.3, 0.4) is 0 Å². The smallest absolute Gasteiger partial charge is 0.315 e. The molecule has 1 fully saturated rings. The number of rotatable bonds is 7. The van der Waals surface area contributed by atoms with E-state index in [9.17, 15) is 9.18 Å². The molecule has 2 heterocycles. The van der Waals surface area contributed by atoms with Gasteiger partial charge in [-0.15, -0.1) is 0 Å². The Kier molecular flexibility index (Phi) is 7.16. The van der Waals surface area contributed by atoms with E-state index in [0.29, 0.717) is 23.4 Å². The molecule has 2 aromatic heterocycles. The molecule has 39 heavy (non-hydrogen) atoms. The van der Waals surface area contributed by atoms with Crippen LogP contribution in [0.4, 0.5) is 9.18 Å². The lowest BCUT2D eigenvalue weighted by atomic mass is 9.80. The van der Waals surface area contributed by atoms with Gasteiger partial charge >= 0.3 is 6.03 Å². The number of aromatic nitrogens is 3. The lowest BCUT2D eigenvalue weighted by molar-refractivity contribution is 0.232. The second-order valence-corrected chi connectivity index (χ2v) is 10.7. The third kappa shape index (κ3) is 5.59. The van der Waals surface area contributed by atoms with E-state index in [1.54, 1.807) is 30.5 Å². The minimum absolute atomic E-state index is 0.114. The molecule has 2 aliphatic carbocycles. The monoisotopic (exact) mass is 541 g/mol. The molecular weight excluding hydrogens is 513 g/mol. The number of nitrogens with zero attached hydrogens (tertiary/aromatic N) is 3. The minimum Gasteiger partial charge on any atom is -0.332 e. The van der Waals surface area contributed by atoms with Crippen LogP contribution in [0.25, 0.3) is 11.8 Å². The topological polar surface area (TPSA) is 71.8 Å². The molecule has 3 unspecified atom stereocenters. The zero-order chi connectivity index (χ0) is 26.8. The summed E-state index contributed by atoms with van der Waals surface area (Å²) in [5.74, 6) is 0.591. The molecule has 6 rings (SSSR count). The first-order valence-electron chi connectivity index (χ1n) is 13.3. The van der Waals surface area contributed by atoms with Crippen LogP contribution in [0.2, 0.25) is 5.02 Å². The molecule has 3 atom stereocenters. The highest BCUT2D eigenvalue weighted by Crippen LogP contribution is 2.46. The summed E-state index contributed by atoms with van der Waals surface area (Å²) in [6.45, 7) is 0.324. The van der Waals surface area contributed by atoms with Gasteiger partial charge in [0.05, 0.1) is 40.9 Å². The fourth-order valence-electron chi connectivity index (χ4n) is 5.86. The highest BCUT2D eigenvalue weighted by atomic mass is 35.5. The summed E-state index contributed by atoms with van der Waals surface area (Å²) in [4.78, 5) is 17.2. The van der Waals surface area contributed by atoms with Crippen molar-refractivity contribution in [2.75, 3.05) is 0 Å². The van der Waals surface area contributed by atoms with Gasteiger partial charge in [0.2, 0.25) is 0 Å². The SMILES string of the molecule is O=C(NCc1ccc(Cl)cn1)NC(CC1CCC2=Cc3c(cnn3-c3ccc(F)cc3)CC21)c1ccccc1. The zero-order valence-corrected chi connectivity index (χ0v) is 22.1. The number of halogens is 2. The quantitative estimate of drug-likeness (QED) is 0.275. The van der Waals surface area contributed by atoms with Gasteiger partial charge in [-0.2, -0.15) is 5.10 Å². The number of hydrogen-bond donors (Lipinski definition) is 2. The highest BCUT2D eigenvalue weighted by molar-refractivity contribution is 6.30. The Morgan fingerprint density at radius 1 is 1.08 bits per heavy atom. The Bertz CT molecular complexity index is 1480. The Balaban J connectivity index is 1.16. The largest absolute Gasteiger partial charge is 0.332 e. The van der Waals surface area contributed by atoms with Gasteiger partial charge < -0.3 is 10.6 Å². The molecule has 198 valence electrons. The fraction of sp³-hybridized carbons (Fsp3) is 0.258. The van der Waals surface area contributed by atoms with Crippen molar-refractivity contribution in [3.8, 4) is 5.69 Å². The van der Waals surface area contributed by atoms with Crippen LogP contribution in [0, 0.1) is 17.7 Å². The molecule has 2 amide bonds. The first-order valence-corrected chi connectivity index (χ1v) is 13.6. The van der Waals surface area contributed by atoms with Crippen molar-refractivity contribution in [3.63, 3.8) is 0 Å². The normalized spacial score (nSPS) is 18.6. The summed E-state index contributed by atoms with van der Waals surface area (Å²) < 4.78 is 15.4. The van der Waals surface area contributed by atoms with Crippen molar-refractivity contribution >= 4 is 23.7 Å². The summed E-state index contributed by atoms with van der Waals surface area (Å²) in [5, 5.41) is 11.3. The molecule has 1 saturated carbocycles. The second kappa shape index (κ2) is 11.0. The highest BCUT2D eigenvalue weighted by Gasteiger charge is 2.37. The summed E-state index contributed by atoms with van der Waals surface area (Å²) in [6, 6.07) is 19.8. The van der Waals surface area contributed by atoms with E-state index in [1.165, 1.54) is 23.3 Å². The van der Waals surface area contributed by atoms with Crippen molar-refractivity contribution in [2.24, 2.45) is 11.8 Å². The maximum Gasteiger partial charge on any atom is 0.315 e. The third-order valence-corrected chi connectivity index (χ3v) is 8.06. The van der Waals surface area contributed by atoms with Gasteiger partial charge in [-0.25, -0.2) is 13.9 Å². The van der Waals surface area contributed by atoms with Crippen LogP contribution in [0.15, 0.2) is 84.7 Å². The van der Waals surface area contributed by atoms with E-state index in [-0.39, 0.29) is 17.9 Å². The van der Waals surface area contributed by atoms with Crippen molar-refractivity contribution in [2.45, 2.75) is 38.3 Å². The number of carbonyl (C=O) groups excluding carboxylic acids is 1. The second-order valence-electron chi connectivity index (χ2n) is 10.3. The lowest BCUT2D eigenvalue weighted by Gasteiger charge is -2.28. The van der Waals surface area contributed by atoms with Gasteiger partial charge in [-0.1, -0.05) is 47.5 Å². The molecule has 6 nitrogen and oxygen atoms in total. The number of carbonyl (C=O) groups is 1. The van der Waals surface area contributed by atoms with Crippen LogP contribution in [0.1, 0.15) is 47.8 Å². The number of amides is 2. The number of allylic oxidation sites excluding steroid dienone is 1. The Morgan fingerprint density at radius 3 is 2.67 bits per heavy atom. The van der Waals surface area contributed by atoms with E-state index in [1.807, 2.05) is 29.1 Å². The number of fused-ring (bicyclic) bond motifs is 2. The van der Waals surface area contributed by atoms with E-state index >= 15 is 0 Å². The predicted molar refractivity (Wildman–Crippen MR) is 150 cm³/mol. The van der Waals surface area contributed by atoms with E-state index < -0.39 is 0 Å². The molecule has 2 aliphatic rings. The maximum absolute atomic E-state index is 13.4. The number of nitrogens with one attached hydrogen (secondary N) is 2. The zero-order valence-electron chi connectivity index (χ0n) is 21.4. The molecular formula is C31H29ClFN5O. The first-order chi connectivity index (χ1) is 19.0. The molecule has 4 aromatic rings. The van der Waals surface area contributed by atoms with E-state index in [2.05, 4.69) is 38.9 Å². The van der Waals surface area contributed by atoms with Gasteiger partial charge in [0, 0.05) is 6.20 Å². The average Bonchev–Trinajstić information content (AvgIpc) is 3.55. The predicted octanol–water partition coefficient (Wildman–Crippen LogP) is 6.66. The van der Waals surface area contributed by atoms with Gasteiger partial charge in [0.15, 0.2) is 0 Å². The minimum atomic E-state index is -0.256. The first kappa shape index (κ1) is 25.3. The van der Waals surface area contributed by atoms with Crippen LogP contribution < -0.4 is 10.6 Å². The Labute approximate surface area is 231 Å². The number of pyridine rings is 1. The van der Waals surface area contributed by atoms with Crippen molar-refractivity contribution in [1.82, 2.24) is 25.4 Å². The fourth-order valence-corrected chi connectivity index (χ4v) is 5.97. The molecule has 0 aliphatic heterocycles. The van der Waals surface area contributed by atoms with Crippen LogP contribution in [-0.4, -0.2) is 20.8 Å². The van der Waals surface area contributed by atoms with Crippen molar-refractivity contribution in [3.05, 3.63) is 118 Å². The number of hydrogen-bond acceptors (Lipinski definition) is 3. The number of urea groups is 1. The van der Waals surface area contributed by atoms with Crippen LogP contribution in [-0.2, 0) is 13.0 Å². The number of benzene rings is 2. The lowest BCUT2D eigenvalue weighted by Crippen LogP contribution is -2.38. The molecule has 0 spiro atoms. The summed E-state index contributed by atoms with van der Waals surface area (Å²) in [6.07, 6.45) is 9.66. The molecule has 0 bridgehead atoms.